The number of carboxylic acids is 1. The molecular weight excluding hydrogens is 481 g/mol. The molecular formula is C29H29F3N2O3. The van der Waals surface area contributed by atoms with Gasteiger partial charge in [-0.1, -0.05) is 17.9 Å². The van der Waals surface area contributed by atoms with Crippen LogP contribution in [0.5, 0.6) is 5.75 Å². The molecule has 1 aliphatic rings. The van der Waals surface area contributed by atoms with Gasteiger partial charge in [0.1, 0.15) is 23.6 Å². The monoisotopic (exact) mass is 510 g/mol. The molecule has 0 saturated carbocycles. The molecule has 37 heavy (non-hydrogen) atoms. The van der Waals surface area contributed by atoms with Crippen LogP contribution in [-0.4, -0.2) is 47.7 Å². The number of hydrogen-bond donors (Lipinski definition) is 1. The van der Waals surface area contributed by atoms with E-state index in [1.165, 1.54) is 6.07 Å². The summed E-state index contributed by atoms with van der Waals surface area (Å²) in [6.07, 6.45) is 1.86. The van der Waals surface area contributed by atoms with E-state index in [1.807, 2.05) is 4.90 Å². The summed E-state index contributed by atoms with van der Waals surface area (Å²) in [5, 5.41) is 10.2. The summed E-state index contributed by atoms with van der Waals surface area (Å²) in [7, 11) is 1.56. The van der Waals surface area contributed by atoms with Crippen LogP contribution in [0.2, 0.25) is 0 Å². The van der Waals surface area contributed by atoms with E-state index in [9.17, 15) is 18.7 Å². The van der Waals surface area contributed by atoms with Crippen molar-refractivity contribution in [1.29, 1.82) is 0 Å². The number of aliphatic carboxylic acids is 1. The van der Waals surface area contributed by atoms with Crippen molar-refractivity contribution in [2.45, 2.75) is 31.9 Å². The Bertz CT molecular complexity index is 1300. The first-order chi connectivity index (χ1) is 17.9. The van der Waals surface area contributed by atoms with Gasteiger partial charge in [0.2, 0.25) is 0 Å². The maximum Gasteiger partial charge on any atom is 0.303 e. The molecule has 1 fully saturated rings. The van der Waals surface area contributed by atoms with Crippen molar-refractivity contribution in [1.82, 2.24) is 9.88 Å². The Kier molecular flexibility index (Phi) is 8.67. The van der Waals surface area contributed by atoms with Crippen LogP contribution in [0.1, 0.15) is 43.0 Å². The maximum atomic E-state index is 15.4. The van der Waals surface area contributed by atoms with Crippen molar-refractivity contribution >= 4 is 16.9 Å². The van der Waals surface area contributed by atoms with Gasteiger partial charge in [-0.15, -0.1) is 0 Å². The second-order valence-corrected chi connectivity index (χ2v) is 9.37. The van der Waals surface area contributed by atoms with Crippen molar-refractivity contribution < 1.29 is 27.8 Å². The fourth-order valence-corrected chi connectivity index (χ4v) is 5.05. The van der Waals surface area contributed by atoms with Gasteiger partial charge in [0, 0.05) is 24.5 Å². The fourth-order valence-electron chi connectivity index (χ4n) is 5.05. The lowest BCUT2D eigenvalue weighted by atomic mass is 9.79. The molecule has 1 N–H and O–H groups in total. The summed E-state index contributed by atoms with van der Waals surface area (Å²) < 4.78 is 48.3. The molecule has 5 nitrogen and oxygen atoms in total. The van der Waals surface area contributed by atoms with E-state index >= 15 is 4.39 Å². The van der Waals surface area contributed by atoms with Crippen molar-refractivity contribution in [2.24, 2.45) is 11.8 Å². The molecule has 2 aromatic carbocycles. The van der Waals surface area contributed by atoms with Crippen LogP contribution in [-0.2, 0) is 4.79 Å². The van der Waals surface area contributed by atoms with E-state index in [4.69, 9.17) is 4.74 Å². The normalized spacial score (nSPS) is 18.7. The fraction of sp³-hybridized carbons (Fsp3) is 0.379. The van der Waals surface area contributed by atoms with E-state index in [2.05, 4.69) is 16.8 Å². The van der Waals surface area contributed by atoms with Crippen LogP contribution in [0, 0.1) is 35.3 Å². The van der Waals surface area contributed by atoms with Crippen LogP contribution < -0.4 is 4.74 Å². The Hall–Kier alpha value is -3.57. The highest BCUT2D eigenvalue weighted by Gasteiger charge is 2.31. The number of rotatable bonds is 8. The second-order valence-electron chi connectivity index (χ2n) is 9.37. The molecule has 194 valence electrons. The quantitative estimate of drug-likeness (QED) is 0.390. The van der Waals surface area contributed by atoms with Gasteiger partial charge in [0.05, 0.1) is 24.7 Å². The minimum absolute atomic E-state index is 0.0249. The minimum Gasteiger partial charge on any atom is -0.497 e. The predicted octanol–water partition coefficient (Wildman–Crippen LogP) is 5.78. The van der Waals surface area contributed by atoms with Crippen LogP contribution in [0.4, 0.5) is 13.2 Å². The first-order valence-corrected chi connectivity index (χ1v) is 12.3. The maximum absolute atomic E-state index is 15.4. The lowest BCUT2D eigenvalue weighted by molar-refractivity contribution is -0.139. The van der Waals surface area contributed by atoms with Crippen molar-refractivity contribution in [3.63, 3.8) is 0 Å². The third-order valence-corrected chi connectivity index (χ3v) is 7.00. The number of nitrogens with zero attached hydrogens (tertiary/aromatic N) is 2. The third-order valence-electron chi connectivity index (χ3n) is 7.00. The number of methoxy groups -OCH3 is 1. The molecule has 1 aromatic heterocycles. The standard InChI is InChI=1S/C29H29F3N2O3/c1-37-21-8-10-28-24(17-21)22(11-13-33-28)27(32)9-7-19-12-15-34(18-20(19)16-29(35)36)14-3-4-23-25(30)5-2-6-26(23)31/h2,5-6,8,10-11,13,17,19-20,27H,7,9,12,14-16,18H2,1H3,(H,35,36)/t19-,20+,27-/m1/s1. The number of benzene rings is 2. The lowest BCUT2D eigenvalue weighted by Gasteiger charge is -2.37. The molecule has 3 aromatic rings. The van der Waals surface area contributed by atoms with Gasteiger partial charge in [0.25, 0.3) is 0 Å². The Labute approximate surface area is 214 Å². The number of carboxylic acid groups (broad SMARTS) is 1. The zero-order valence-electron chi connectivity index (χ0n) is 20.6. The number of ether oxygens (including phenoxy) is 1. The van der Waals surface area contributed by atoms with Gasteiger partial charge < -0.3 is 9.84 Å². The van der Waals surface area contributed by atoms with E-state index in [0.717, 1.165) is 12.1 Å². The second kappa shape index (κ2) is 12.1. The van der Waals surface area contributed by atoms with Crippen LogP contribution in [0.3, 0.4) is 0 Å². The molecule has 1 saturated heterocycles. The molecule has 0 aliphatic carbocycles. The molecule has 0 spiro atoms. The molecule has 4 rings (SSSR count). The van der Waals surface area contributed by atoms with Gasteiger partial charge in [-0.05, 0) is 79.6 Å². The molecule has 0 bridgehead atoms. The van der Waals surface area contributed by atoms with Gasteiger partial charge in [-0.25, -0.2) is 13.2 Å². The van der Waals surface area contributed by atoms with E-state index in [1.54, 1.807) is 37.6 Å². The van der Waals surface area contributed by atoms with E-state index in [0.29, 0.717) is 48.1 Å². The average Bonchev–Trinajstić information content (AvgIpc) is 2.88. The van der Waals surface area contributed by atoms with Crippen LogP contribution >= 0.6 is 0 Å². The summed E-state index contributed by atoms with van der Waals surface area (Å²) in [5.41, 5.74) is 0.968. The summed E-state index contributed by atoms with van der Waals surface area (Å²) in [6, 6.07) is 10.6. The zero-order chi connectivity index (χ0) is 26.4. The minimum atomic E-state index is -1.22. The smallest absolute Gasteiger partial charge is 0.303 e. The van der Waals surface area contributed by atoms with Gasteiger partial charge in [0.15, 0.2) is 0 Å². The number of halogens is 3. The number of likely N-dealkylation sites (tertiary alicyclic amines) is 1. The van der Waals surface area contributed by atoms with E-state index < -0.39 is 23.8 Å². The highest BCUT2D eigenvalue weighted by atomic mass is 19.1. The number of carbonyl (C=O) groups is 1. The van der Waals surface area contributed by atoms with Crippen LogP contribution in [0.15, 0.2) is 48.7 Å². The van der Waals surface area contributed by atoms with Gasteiger partial charge in [-0.2, -0.15) is 0 Å². The Morgan fingerprint density at radius 1 is 1.22 bits per heavy atom. The Balaban J connectivity index is 1.40. The largest absolute Gasteiger partial charge is 0.497 e. The number of alkyl halides is 1. The topological polar surface area (TPSA) is 62.7 Å². The first kappa shape index (κ1) is 26.5. The molecule has 0 amide bonds. The zero-order valence-corrected chi connectivity index (χ0v) is 20.6. The lowest BCUT2D eigenvalue weighted by Crippen LogP contribution is -2.41. The van der Waals surface area contributed by atoms with Crippen molar-refractivity contribution in [2.75, 3.05) is 26.7 Å². The Morgan fingerprint density at radius 2 is 2.00 bits per heavy atom. The van der Waals surface area contributed by atoms with Crippen LogP contribution in [0.25, 0.3) is 10.9 Å². The summed E-state index contributed by atoms with van der Waals surface area (Å²) in [5.74, 6) is 3.55. The highest BCUT2D eigenvalue weighted by Crippen LogP contribution is 2.36. The summed E-state index contributed by atoms with van der Waals surface area (Å²) in [6.45, 7) is 1.41. The number of aromatic nitrogens is 1. The summed E-state index contributed by atoms with van der Waals surface area (Å²) in [4.78, 5) is 17.8. The number of pyridine rings is 1. The third kappa shape index (κ3) is 6.60. The highest BCUT2D eigenvalue weighted by molar-refractivity contribution is 5.83. The predicted molar refractivity (Wildman–Crippen MR) is 135 cm³/mol. The van der Waals surface area contributed by atoms with Crippen molar-refractivity contribution in [3.05, 3.63) is 71.4 Å². The number of hydrogen-bond acceptors (Lipinski definition) is 4. The first-order valence-electron chi connectivity index (χ1n) is 12.3. The van der Waals surface area contributed by atoms with E-state index in [-0.39, 0.29) is 36.8 Å². The molecule has 3 atom stereocenters. The van der Waals surface area contributed by atoms with Gasteiger partial charge >= 0.3 is 5.97 Å². The molecule has 0 unspecified atom stereocenters. The molecule has 8 heteroatoms. The molecule has 2 heterocycles. The number of piperidine rings is 1. The van der Waals surface area contributed by atoms with Crippen molar-refractivity contribution in [3.8, 4) is 17.6 Å². The SMILES string of the molecule is COc1ccc2nccc([C@H](F)CC[C@@H]3CCN(CC#Cc4c(F)cccc4F)C[C@@H]3CC(=O)O)c2c1. The molecule has 0 radical (unpaired) electrons. The summed E-state index contributed by atoms with van der Waals surface area (Å²) >= 11 is 0. The number of fused-ring (bicyclic) bond motifs is 1. The average molecular weight is 511 g/mol. The van der Waals surface area contributed by atoms with Gasteiger partial charge in [-0.3, -0.25) is 14.7 Å². The molecule has 1 aliphatic heterocycles. The Morgan fingerprint density at radius 3 is 2.73 bits per heavy atom.